The van der Waals surface area contributed by atoms with Crippen LogP contribution in [0, 0.1) is 0 Å². The molecular formula is C17H15BrN2O4. The van der Waals surface area contributed by atoms with Gasteiger partial charge < -0.3 is 14.2 Å². The molecule has 1 aromatic heterocycles. The van der Waals surface area contributed by atoms with Crippen molar-refractivity contribution in [2.75, 3.05) is 21.3 Å². The standard InChI is InChI=1S/C17H15BrN2O4/c1-22-11-6-4-10(5-7-11)20-17(21)15-12(9-19-20)16(18)14(24-3)8-13(15)23-2/h4-9H,1-3H3. The first-order valence-electron chi connectivity index (χ1n) is 7.07. The number of ether oxygens (including phenoxy) is 3. The smallest absolute Gasteiger partial charge is 0.283 e. The Kier molecular flexibility index (Phi) is 4.44. The van der Waals surface area contributed by atoms with Crippen molar-refractivity contribution in [2.24, 2.45) is 0 Å². The molecule has 0 unspecified atom stereocenters. The Bertz CT molecular complexity index is 951. The van der Waals surface area contributed by atoms with Crippen LogP contribution in [0.1, 0.15) is 0 Å². The van der Waals surface area contributed by atoms with Gasteiger partial charge in [-0.2, -0.15) is 9.78 Å². The number of fused-ring (bicyclic) bond motifs is 1. The molecule has 0 saturated heterocycles. The predicted molar refractivity (Wildman–Crippen MR) is 94.7 cm³/mol. The number of aromatic nitrogens is 2. The Labute approximate surface area is 146 Å². The van der Waals surface area contributed by atoms with E-state index < -0.39 is 0 Å². The number of halogens is 1. The molecule has 0 fully saturated rings. The van der Waals surface area contributed by atoms with E-state index in [0.29, 0.717) is 38.2 Å². The summed E-state index contributed by atoms with van der Waals surface area (Å²) in [5.41, 5.74) is 0.356. The lowest BCUT2D eigenvalue weighted by Gasteiger charge is -2.13. The third-order valence-corrected chi connectivity index (χ3v) is 4.51. The molecule has 6 nitrogen and oxygen atoms in total. The summed E-state index contributed by atoms with van der Waals surface area (Å²) < 4.78 is 17.8. The Morgan fingerprint density at radius 3 is 2.25 bits per heavy atom. The number of nitrogens with zero attached hydrogens (tertiary/aromatic N) is 2. The summed E-state index contributed by atoms with van der Waals surface area (Å²) >= 11 is 3.45. The van der Waals surface area contributed by atoms with Gasteiger partial charge in [0.2, 0.25) is 0 Å². The Hall–Kier alpha value is -2.54. The van der Waals surface area contributed by atoms with Crippen LogP contribution in [-0.4, -0.2) is 31.1 Å². The van der Waals surface area contributed by atoms with Gasteiger partial charge in [-0.3, -0.25) is 4.79 Å². The summed E-state index contributed by atoms with van der Waals surface area (Å²) in [4.78, 5) is 12.9. The van der Waals surface area contributed by atoms with E-state index in [-0.39, 0.29) is 5.56 Å². The molecule has 0 amide bonds. The first-order valence-corrected chi connectivity index (χ1v) is 7.87. The average molecular weight is 391 g/mol. The molecular weight excluding hydrogens is 376 g/mol. The van der Waals surface area contributed by atoms with Crippen molar-refractivity contribution in [1.82, 2.24) is 9.78 Å². The zero-order chi connectivity index (χ0) is 17.3. The molecule has 0 aliphatic heterocycles. The van der Waals surface area contributed by atoms with Gasteiger partial charge in [-0.25, -0.2) is 0 Å². The molecule has 3 aromatic rings. The van der Waals surface area contributed by atoms with Crippen molar-refractivity contribution in [3.63, 3.8) is 0 Å². The highest BCUT2D eigenvalue weighted by atomic mass is 79.9. The highest BCUT2D eigenvalue weighted by molar-refractivity contribution is 9.10. The third-order valence-electron chi connectivity index (χ3n) is 3.70. The molecule has 3 rings (SSSR count). The first kappa shape index (κ1) is 16.3. The number of rotatable bonds is 4. The quantitative estimate of drug-likeness (QED) is 0.684. The average Bonchev–Trinajstić information content (AvgIpc) is 2.63. The molecule has 7 heteroatoms. The molecule has 0 atom stereocenters. The van der Waals surface area contributed by atoms with Crippen LogP contribution >= 0.6 is 15.9 Å². The zero-order valence-electron chi connectivity index (χ0n) is 13.4. The highest BCUT2D eigenvalue weighted by Gasteiger charge is 2.17. The maximum absolute atomic E-state index is 12.9. The first-order chi connectivity index (χ1) is 11.6. The van der Waals surface area contributed by atoms with Crippen LogP contribution in [0.25, 0.3) is 16.5 Å². The number of benzene rings is 2. The van der Waals surface area contributed by atoms with Crippen LogP contribution in [0.15, 0.2) is 45.8 Å². The van der Waals surface area contributed by atoms with Gasteiger partial charge in [0.25, 0.3) is 5.56 Å². The fraction of sp³-hybridized carbons (Fsp3) is 0.176. The highest BCUT2D eigenvalue weighted by Crippen LogP contribution is 2.37. The van der Waals surface area contributed by atoms with E-state index in [1.165, 1.54) is 11.8 Å². The van der Waals surface area contributed by atoms with E-state index in [9.17, 15) is 4.79 Å². The number of hydrogen-bond acceptors (Lipinski definition) is 5. The second-order valence-electron chi connectivity index (χ2n) is 4.94. The molecule has 0 saturated carbocycles. The minimum absolute atomic E-state index is 0.280. The molecule has 124 valence electrons. The van der Waals surface area contributed by atoms with Gasteiger partial charge in [0.1, 0.15) is 17.2 Å². The molecule has 0 radical (unpaired) electrons. The van der Waals surface area contributed by atoms with E-state index in [4.69, 9.17) is 14.2 Å². The van der Waals surface area contributed by atoms with Crippen LogP contribution in [0.4, 0.5) is 0 Å². The second kappa shape index (κ2) is 6.52. The normalized spacial score (nSPS) is 10.7. The Morgan fingerprint density at radius 2 is 1.67 bits per heavy atom. The molecule has 1 heterocycles. The molecule has 24 heavy (non-hydrogen) atoms. The van der Waals surface area contributed by atoms with Crippen LogP contribution in [0.2, 0.25) is 0 Å². The lowest BCUT2D eigenvalue weighted by atomic mass is 10.1. The third kappa shape index (κ3) is 2.60. The van der Waals surface area contributed by atoms with Crippen LogP contribution < -0.4 is 19.8 Å². The number of methoxy groups -OCH3 is 3. The minimum Gasteiger partial charge on any atom is -0.497 e. The summed E-state index contributed by atoms with van der Waals surface area (Å²) in [5.74, 6) is 1.71. The minimum atomic E-state index is -0.280. The SMILES string of the molecule is COc1ccc(-n2ncc3c(Br)c(OC)cc(OC)c3c2=O)cc1. The molecule has 0 N–H and O–H groups in total. The van der Waals surface area contributed by atoms with E-state index in [0.717, 1.165) is 0 Å². The summed E-state index contributed by atoms with van der Waals surface area (Å²) in [5, 5.41) is 5.32. The zero-order valence-corrected chi connectivity index (χ0v) is 15.0. The molecule has 2 aromatic carbocycles. The Morgan fingerprint density at radius 1 is 1.00 bits per heavy atom. The summed E-state index contributed by atoms with van der Waals surface area (Å²) in [6.45, 7) is 0. The summed E-state index contributed by atoms with van der Waals surface area (Å²) in [6, 6.07) is 8.75. The molecule has 0 spiro atoms. The van der Waals surface area contributed by atoms with Crippen LogP contribution in [-0.2, 0) is 0 Å². The van der Waals surface area contributed by atoms with Crippen molar-refractivity contribution >= 4 is 26.7 Å². The van der Waals surface area contributed by atoms with E-state index >= 15 is 0 Å². The fourth-order valence-corrected chi connectivity index (χ4v) is 3.04. The topological polar surface area (TPSA) is 62.6 Å². The second-order valence-corrected chi connectivity index (χ2v) is 5.74. The van der Waals surface area contributed by atoms with Gasteiger partial charge in [0, 0.05) is 11.5 Å². The summed E-state index contributed by atoms with van der Waals surface area (Å²) in [7, 11) is 4.66. The molecule has 0 aliphatic carbocycles. The van der Waals surface area contributed by atoms with Gasteiger partial charge in [0.05, 0.1) is 43.1 Å². The van der Waals surface area contributed by atoms with Crippen molar-refractivity contribution in [3.05, 3.63) is 51.4 Å². The van der Waals surface area contributed by atoms with Crippen molar-refractivity contribution in [2.45, 2.75) is 0 Å². The summed E-state index contributed by atoms with van der Waals surface area (Å²) in [6.07, 6.45) is 1.61. The molecule has 0 aliphatic rings. The maximum atomic E-state index is 12.9. The lowest BCUT2D eigenvalue weighted by Crippen LogP contribution is -2.21. The Balaban J connectivity index is 2.29. The largest absolute Gasteiger partial charge is 0.497 e. The van der Waals surface area contributed by atoms with Crippen molar-refractivity contribution < 1.29 is 14.2 Å². The van der Waals surface area contributed by atoms with Gasteiger partial charge in [-0.05, 0) is 40.2 Å². The van der Waals surface area contributed by atoms with Gasteiger partial charge in [-0.1, -0.05) is 0 Å². The van der Waals surface area contributed by atoms with E-state index in [1.54, 1.807) is 50.7 Å². The number of hydrogen-bond donors (Lipinski definition) is 0. The monoisotopic (exact) mass is 390 g/mol. The van der Waals surface area contributed by atoms with Crippen molar-refractivity contribution in [1.29, 1.82) is 0 Å². The van der Waals surface area contributed by atoms with E-state index in [1.807, 2.05) is 0 Å². The molecule has 0 bridgehead atoms. The van der Waals surface area contributed by atoms with Crippen molar-refractivity contribution in [3.8, 4) is 22.9 Å². The van der Waals surface area contributed by atoms with Gasteiger partial charge >= 0.3 is 0 Å². The predicted octanol–water partition coefficient (Wildman–Crippen LogP) is 3.17. The van der Waals surface area contributed by atoms with Crippen LogP contribution in [0.3, 0.4) is 0 Å². The van der Waals surface area contributed by atoms with Crippen LogP contribution in [0.5, 0.6) is 17.2 Å². The van der Waals surface area contributed by atoms with E-state index in [2.05, 4.69) is 21.0 Å². The van der Waals surface area contributed by atoms with Gasteiger partial charge in [-0.15, -0.1) is 0 Å². The lowest BCUT2D eigenvalue weighted by molar-refractivity contribution is 0.396. The maximum Gasteiger partial charge on any atom is 0.283 e. The fourth-order valence-electron chi connectivity index (χ4n) is 2.46. The van der Waals surface area contributed by atoms with Gasteiger partial charge in [0.15, 0.2) is 0 Å².